The van der Waals surface area contributed by atoms with Gasteiger partial charge < -0.3 is 10.2 Å². The van der Waals surface area contributed by atoms with Crippen LogP contribution in [0.15, 0.2) is 47.4 Å². The molecule has 4 rings (SSSR count). The van der Waals surface area contributed by atoms with E-state index in [4.69, 9.17) is 0 Å². The smallest absolute Gasteiger partial charge is 0.319 e. The minimum atomic E-state index is -1.80. The van der Waals surface area contributed by atoms with E-state index in [0.717, 1.165) is 40.1 Å². The van der Waals surface area contributed by atoms with Crippen molar-refractivity contribution in [3.05, 3.63) is 59.7 Å². The van der Waals surface area contributed by atoms with Gasteiger partial charge in [-0.05, 0) is 43.7 Å². The van der Waals surface area contributed by atoms with Crippen LogP contribution in [-0.2, 0) is 15.1 Å². The molecule has 0 saturated carbocycles. The lowest BCUT2D eigenvalue weighted by Crippen LogP contribution is -2.45. The Kier molecular flexibility index (Phi) is 5.47. The van der Waals surface area contributed by atoms with E-state index < -0.39 is 41.6 Å². The molecule has 0 radical (unpaired) electrons. The number of carbonyl (C=O) groups excluding carboxylic acids is 3. The topological polar surface area (TPSA) is 69.7 Å². The highest BCUT2D eigenvalue weighted by molar-refractivity contribution is 8.00. The van der Waals surface area contributed by atoms with E-state index in [1.807, 2.05) is 24.3 Å². The lowest BCUT2D eigenvalue weighted by Gasteiger charge is -2.25. The number of thioether (sulfide) groups is 1. The number of benzene rings is 2. The van der Waals surface area contributed by atoms with Gasteiger partial charge in [0.2, 0.25) is 5.91 Å². The van der Waals surface area contributed by atoms with Crippen LogP contribution in [0.1, 0.15) is 25.8 Å². The number of para-hydroxylation sites is 1. The Hall–Kier alpha value is -2.94. The summed E-state index contributed by atoms with van der Waals surface area (Å²) in [5.41, 5.74) is -1.36. The second-order valence-corrected chi connectivity index (χ2v) is 9.28. The zero-order chi connectivity index (χ0) is 22.3. The molecule has 162 valence electrons. The first-order valence-corrected chi connectivity index (χ1v) is 10.7. The molecule has 1 saturated heterocycles. The number of amides is 4. The summed E-state index contributed by atoms with van der Waals surface area (Å²) in [5, 5.41) is 2.72. The normalized spacial score (nSPS) is 23.4. The number of nitrogens with zero attached hydrogens (tertiary/aromatic N) is 2. The molecule has 9 heteroatoms. The van der Waals surface area contributed by atoms with E-state index in [9.17, 15) is 23.2 Å². The molecule has 0 aliphatic carbocycles. The van der Waals surface area contributed by atoms with Gasteiger partial charge in [-0.25, -0.2) is 13.6 Å². The highest BCUT2D eigenvalue weighted by Crippen LogP contribution is 2.37. The molecule has 0 bridgehead atoms. The zero-order valence-electron chi connectivity index (χ0n) is 17.0. The summed E-state index contributed by atoms with van der Waals surface area (Å²) in [7, 11) is 0. The van der Waals surface area contributed by atoms with Gasteiger partial charge in [0, 0.05) is 22.3 Å². The van der Waals surface area contributed by atoms with Gasteiger partial charge in [0.05, 0.1) is 5.69 Å². The second-order valence-electron chi connectivity index (χ2n) is 7.80. The number of rotatable bonds is 3. The van der Waals surface area contributed by atoms with E-state index in [1.54, 1.807) is 16.7 Å². The van der Waals surface area contributed by atoms with Gasteiger partial charge >= 0.3 is 6.03 Å². The number of urea groups is 1. The van der Waals surface area contributed by atoms with Gasteiger partial charge in [-0.2, -0.15) is 0 Å². The van der Waals surface area contributed by atoms with Gasteiger partial charge in [0.1, 0.15) is 23.7 Å². The summed E-state index contributed by atoms with van der Waals surface area (Å²) >= 11 is 1.67. The molecule has 31 heavy (non-hydrogen) atoms. The summed E-state index contributed by atoms with van der Waals surface area (Å²) in [6.45, 7) is 3.33. The summed E-state index contributed by atoms with van der Waals surface area (Å²) in [5.74, 6) is -2.78. The van der Waals surface area contributed by atoms with E-state index in [1.165, 1.54) is 6.92 Å². The highest BCUT2D eigenvalue weighted by Gasteiger charge is 2.51. The van der Waals surface area contributed by atoms with Crippen LogP contribution in [0.3, 0.4) is 0 Å². The van der Waals surface area contributed by atoms with Crippen LogP contribution < -0.4 is 10.2 Å². The van der Waals surface area contributed by atoms with Crippen molar-refractivity contribution in [2.24, 2.45) is 0 Å². The number of fused-ring (bicyclic) bond motifs is 1. The fourth-order valence-corrected chi connectivity index (χ4v) is 4.98. The van der Waals surface area contributed by atoms with E-state index in [2.05, 4.69) is 12.2 Å². The molecule has 4 amide bonds. The Morgan fingerprint density at radius 2 is 1.97 bits per heavy atom. The van der Waals surface area contributed by atoms with Crippen molar-refractivity contribution in [2.75, 3.05) is 18.0 Å². The van der Waals surface area contributed by atoms with Crippen molar-refractivity contribution in [1.29, 1.82) is 0 Å². The van der Waals surface area contributed by atoms with E-state index >= 15 is 0 Å². The van der Waals surface area contributed by atoms with Crippen molar-refractivity contribution in [3.63, 3.8) is 0 Å². The third kappa shape index (κ3) is 3.78. The Bertz CT molecular complexity index is 1080. The van der Waals surface area contributed by atoms with Gasteiger partial charge in [0.25, 0.3) is 5.91 Å². The zero-order valence-corrected chi connectivity index (χ0v) is 17.8. The van der Waals surface area contributed by atoms with Crippen LogP contribution in [0.25, 0.3) is 0 Å². The molecular formula is C22H21F2N3O3S. The minimum absolute atomic E-state index is 0.286. The first-order chi connectivity index (χ1) is 14.7. The van der Waals surface area contributed by atoms with Crippen LogP contribution in [0.5, 0.6) is 0 Å². The van der Waals surface area contributed by atoms with Crippen molar-refractivity contribution in [1.82, 2.24) is 10.2 Å². The average molecular weight is 445 g/mol. The molecule has 2 heterocycles. The molecular weight excluding hydrogens is 424 g/mol. The number of carbonyl (C=O) groups is 3. The first-order valence-electron chi connectivity index (χ1n) is 9.86. The maximum atomic E-state index is 14.3. The lowest BCUT2D eigenvalue weighted by molar-refractivity contribution is -0.134. The van der Waals surface area contributed by atoms with Crippen LogP contribution in [-0.4, -0.2) is 41.1 Å². The van der Waals surface area contributed by atoms with Crippen molar-refractivity contribution < 1.29 is 23.2 Å². The van der Waals surface area contributed by atoms with Crippen LogP contribution in [0.2, 0.25) is 0 Å². The molecule has 0 spiro atoms. The SMILES string of the molecule is C[C@@H]1CCN(C(=O)CN2C(=O)N[C@@](C)(c3cc(F)ccc3F)C2=O)c2ccccc2S1. The molecule has 2 aliphatic rings. The number of hydrogen-bond acceptors (Lipinski definition) is 4. The van der Waals surface area contributed by atoms with Gasteiger partial charge in [-0.15, -0.1) is 11.8 Å². The predicted molar refractivity (Wildman–Crippen MR) is 113 cm³/mol. The van der Waals surface area contributed by atoms with Crippen molar-refractivity contribution in [2.45, 2.75) is 36.0 Å². The Morgan fingerprint density at radius 3 is 2.74 bits per heavy atom. The fraction of sp³-hybridized carbons (Fsp3) is 0.318. The third-order valence-corrected chi connectivity index (χ3v) is 6.82. The molecule has 2 aliphatic heterocycles. The number of nitrogens with one attached hydrogen (secondary N) is 1. The van der Waals surface area contributed by atoms with Crippen molar-refractivity contribution >= 4 is 35.3 Å². The number of anilines is 1. The molecule has 2 aromatic rings. The maximum Gasteiger partial charge on any atom is 0.325 e. The lowest BCUT2D eigenvalue weighted by atomic mass is 9.91. The average Bonchev–Trinajstić information content (AvgIpc) is 2.86. The Labute approximate surface area is 182 Å². The molecule has 2 aromatic carbocycles. The van der Waals surface area contributed by atoms with Gasteiger partial charge in [-0.1, -0.05) is 19.1 Å². The van der Waals surface area contributed by atoms with Crippen LogP contribution in [0, 0.1) is 11.6 Å². The molecule has 1 fully saturated rings. The van der Waals surface area contributed by atoms with Crippen molar-refractivity contribution in [3.8, 4) is 0 Å². The maximum absolute atomic E-state index is 14.3. The fourth-order valence-electron chi connectivity index (χ4n) is 3.87. The van der Waals surface area contributed by atoms with Crippen LogP contribution in [0.4, 0.5) is 19.3 Å². The standard InChI is InChI=1S/C22H21F2N3O3S/c1-13-9-10-26(17-5-3-4-6-18(17)31-13)19(28)12-27-20(29)22(2,25-21(27)30)15-11-14(23)7-8-16(15)24/h3-8,11,13H,9-10,12H2,1-2H3,(H,25,30)/t13-,22+/m1/s1. The summed E-state index contributed by atoms with van der Waals surface area (Å²) in [6, 6.07) is 9.36. The summed E-state index contributed by atoms with van der Waals surface area (Å²) < 4.78 is 28.0. The number of imide groups is 1. The monoisotopic (exact) mass is 445 g/mol. The number of hydrogen-bond donors (Lipinski definition) is 1. The molecule has 2 atom stereocenters. The second kappa shape index (κ2) is 7.96. The number of halogens is 2. The molecule has 0 aromatic heterocycles. The van der Waals surface area contributed by atoms with E-state index in [-0.39, 0.29) is 5.56 Å². The largest absolute Gasteiger partial charge is 0.325 e. The minimum Gasteiger partial charge on any atom is -0.319 e. The van der Waals surface area contributed by atoms with Crippen LogP contribution >= 0.6 is 11.8 Å². The molecule has 0 unspecified atom stereocenters. The summed E-state index contributed by atoms with van der Waals surface area (Å²) in [4.78, 5) is 42.0. The highest BCUT2D eigenvalue weighted by atomic mass is 32.2. The predicted octanol–water partition coefficient (Wildman–Crippen LogP) is 3.65. The Balaban J connectivity index is 1.60. The third-order valence-electron chi connectivity index (χ3n) is 5.58. The Morgan fingerprint density at radius 1 is 1.23 bits per heavy atom. The van der Waals surface area contributed by atoms with Gasteiger partial charge in [0.15, 0.2) is 0 Å². The first kappa shape index (κ1) is 21.3. The van der Waals surface area contributed by atoms with E-state index in [0.29, 0.717) is 11.8 Å². The quantitative estimate of drug-likeness (QED) is 0.733. The molecule has 1 N–H and O–H groups in total. The molecule has 6 nitrogen and oxygen atoms in total. The summed E-state index contributed by atoms with van der Waals surface area (Å²) in [6.07, 6.45) is 0.747. The van der Waals surface area contributed by atoms with Gasteiger partial charge in [-0.3, -0.25) is 14.5 Å².